The fraction of sp³-hybridized carbons (Fsp3) is 0.800. The van der Waals surface area contributed by atoms with Crippen molar-refractivity contribution < 1.29 is 10.2 Å². The molecule has 0 saturated heterocycles. The monoisotopic (exact) mass is 170 g/mol. The molecule has 70 valence electrons. The molecule has 0 spiro atoms. The van der Waals surface area contributed by atoms with E-state index in [2.05, 4.69) is 6.92 Å². The summed E-state index contributed by atoms with van der Waals surface area (Å²) in [6.45, 7) is 2.45. The molecule has 0 heterocycles. The molecule has 12 heavy (non-hydrogen) atoms. The molecule has 0 amide bonds. The largest absolute Gasteiger partial charge is 0.392 e. The van der Waals surface area contributed by atoms with Gasteiger partial charge < -0.3 is 10.2 Å². The van der Waals surface area contributed by atoms with E-state index in [0.717, 1.165) is 29.9 Å². The fourth-order valence-electron chi connectivity index (χ4n) is 1.87. The Kier molecular flexibility index (Phi) is 3.76. The Morgan fingerprint density at radius 3 is 2.42 bits per heavy atom. The zero-order chi connectivity index (χ0) is 8.97. The third-order valence-corrected chi connectivity index (χ3v) is 2.85. The van der Waals surface area contributed by atoms with Gasteiger partial charge in [-0.25, -0.2) is 0 Å². The lowest BCUT2D eigenvalue weighted by molar-refractivity contribution is 0.281. The number of hydrogen-bond acceptors (Lipinski definition) is 2. The molecule has 2 heteroatoms. The molecular formula is C10H18O2. The zero-order valence-corrected chi connectivity index (χ0v) is 7.71. The molecule has 0 aliphatic heterocycles. The van der Waals surface area contributed by atoms with Gasteiger partial charge in [0.1, 0.15) is 0 Å². The molecule has 0 aromatic heterocycles. The van der Waals surface area contributed by atoms with Gasteiger partial charge in [0, 0.05) is 0 Å². The molecule has 0 saturated carbocycles. The summed E-state index contributed by atoms with van der Waals surface area (Å²) in [7, 11) is 0. The first kappa shape index (κ1) is 9.75. The van der Waals surface area contributed by atoms with Gasteiger partial charge in [-0.05, 0) is 36.3 Å². The highest BCUT2D eigenvalue weighted by atomic mass is 16.3. The van der Waals surface area contributed by atoms with Crippen LogP contribution < -0.4 is 0 Å². The van der Waals surface area contributed by atoms with Gasteiger partial charge in [0.25, 0.3) is 0 Å². The second-order valence-electron chi connectivity index (χ2n) is 3.54. The van der Waals surface area contributed by atoms with Crippen LogP contribution in [0.2, 0.25) is 0 Å². The van der Waals surface area contributed by atoms with Crippen molar-refractivity contribution in [2.45, 2.75) is 32.6 Å². The second-order valence-corrected chi connectivity index (χ2v) is 3.54. The predicted molar refractivity (Wildman–Crippen MR) is 48.8 cm³/mol. The lowest BCUT2D eigenvalue weighted by atomic mass is 9.83. The van der Waals surface area contributed by atoms with Crippen molar-refractivity contribution in [1.82, 2.24) is 0 Å². The van der Waals surface area contributed by atoms with E-state index in [9.17, 15) is 0 Å². The number of aliphatic hydroxyl groups excluding tert-OH is 2. The minimum atomic E-state index is 0.131. The van der Waals surface area contributed by atoms with Gasteiger partial charge in [-0.2, -0.15) is 0 Å². The third kappa shape index (κ3) is 2.08. The number of hydrogen-bond donors (Lipinski definition) is 2. The van der Waals surface area contributed by atoms with Crippen LogP contribution in [0, 0.1) is 5.92 Å². The van der Waals surface area contributed by atoms with Crippen molar-refractivity contribution in [3.8, 4) is 0 Å². The number of rotatable bonds is 3. The highest BCUT2D eigenvalue weighted by molar-refractivity contribution is 5.18. The Hall–Kier alpha value is -0.340. The summed E-state index contributed by atoms with van der Waals surface area (Å²) in [6.07, 6.45) is 4.33. The van der Waals surface area contributed by atoms with E-state index >= 15 is 0 Å². The van der Waals surface area contributed by atoms with Gasteiger partial charge in [-0.1, -0.05) is 13.3 Å². The van der Waals surface area contributed by atoms with Crippen LogP contribution in [0.5, 0.6) is 0 Å². The van der Waals surface area contributed by atoms with Gasteiger partial charge in [-0.15, -0.1) is 0 Å². The molecule has 1 aliphatic rings. The first-order valence-corrected chi connectivity index (χ1v) is 4.73. The third-order valence-electron chi connectivity index (χ3n) is 2.85. The van der Waals surface area contributed by atoms with Crippen molar-refractivity contribution in [2.24, 2.45) is 5.92 Å². The fourth-order valence-corrected chi connectivity index (χ4v) is 1.87. The first-order valence-electron chi connectivity index (χ1n) is 4.73. The summed E-state index contributed by atoms with van der Waals surface area (Å²) in [6, 6.07) is 0. The van der Waals surface area contributed by atoms with Crippen LogP contribution in [0.25, 0.3) is 0 Å². The highest BCUT2D eigenvalue weighted by Crippen LogP contribution is 2.30. The lowest BCUT2D eigenvalue weighted by Crippen LogP contribution is -2.14. The summed E-state index contributed by atoms with van der Waals surface area (Å²) in [5.41, 5.74) is 2.15. The van der Waals surface area contributed by atoms with Crippen molar-refractivity contribution in [2.75, 3.05) is 13.2 Å². The maximum Gasteiger partial charge on any atom is 0.0645 e. The van der Waals surface area contributed by atoms with Gasteiger partial charge in [0.15, 0.2) is 0 Å². The van der Waals surface area contributed by atoms with E-state index in [4.69, 9.17) is 10.2 Å². The Morgan fingerprint density at radius 2 is 1.92 bits per heavy atom. The van der Waals surface area contributed by atoms with Crippen molar-refractivity contribution in [3.05, 3.63) is 11.1 Å². The highest BCUT2D eigenvalue weighted by Gasteiger charge is 2.18. The molecule has 2 nitrogen and oxygen atoms in total. The standard InChI is InChI=1S/C10H18O2/c1-2-8-3-4-9(6-11)10(5-8)7-12/h8,11-12H,2-7H2,1H3/t8-/m0/s1. The summed E-state index contributed by atoms with van der Waals surface area (Å²) < 4.78 is 0. The van der Waals surface area contributed by atoms with Gasteiger partial charge in [-0.3, -0.25) is 0 Å². The summed E-state index contributed by atoms with van der Waals surface area (Å²) in [5, 5.41) is 18.0. The van der Waals surface area contributed by atoms with Crippen LogP contribution in [0.4, 0.5) is 0 Å². The predicted octanol–water partition coefficient (Wildman–Crippen LogP) is 1.48. The molecule has 0 aromatic carbocycles. The van der Waals surface area contributed by atoms with E-state index in [1.807, 2.05) is 0 Å². The molecule has 0 fully saturated rings. The van der Waals surface area contributed by atoms with Crippen LogP contribution in [0.3, 0.4) is 0 Å². The van der Waals surface area contributed by atoms with E-state index in [1.54, 1.807) is 0 Å². The van der Waals surface area contributed by atoms with Crippen molar-refractivity contribution in [3.63, 3.8) is 0 Å². The van der Waals surface area contributed by atoms with E-state index in [-0.39, 0.29) is 13.2 Å². The summed E-state index contributed by atoms with van der Waals surface area (Å²) >= 11 is 0. The minimum absolute atomic E-state index is 0.131. The van der Waals surface area contributed by atoms with Crippen LogP contribution in [-0.4, -0.2) is 23.4 Å². The summed E-state index contributed by atoms with van der Waals surface area (Å²) in [5.74, 6) is 0.724. The molecular weight excluding hydrogens is 152 g/mol. The Labute approximate surface area is 73.9 Å². The van der Waals surface area contributed by atoms with E-state index in [0.29, 0.717) is 0 Å². The van der Waals surface area contributed by atoms with E-state index in [1.165, 1.54) is 12.8 Å². The van der Waals surface area contributed by atoms with E-state index < -0.39 is 0 Å². The minimum Gasteiger partial charge on any atom is -0.392 e. The Bertz CT molecular complexity index is 173. The average molecular weight is 170 g/mol. The first-order chi connectivity index (χ1) is 5.81. The maximum atomic E-state index is 9.04. The summed E-state index contributed by atoms with van der Waals surface area (Å²) in [4.78, 5) is 0. The molecule has 0 bridgehead atoms. The molecule has 0 radical (unpaired) electrons. The van der Waals surface area contributed by atoms with Gasteiger partial charge in [0.2, 0.25) is 0 Å². The van der Waals surface area contributed by atoms with Crippen LogP contribution >= 0.6 is 0 Å². The van der Waals surface area contributed by atoms with Crippen LogP contribution in [-0.2, 0) is 0 Å². The normalized spacial score (nSPS) is 24.8. The van der Waals surface area contributed by atoms with Gasteiger partial charge >= 0.3 is 0 Å². The molecule has 1 rings (SSSR count). The smallest absolute Gasteiger partial charge is 0.0645 e. The SMILES string of the molecule is CC[C@H]1CCC(CO)=C(CO)C1. The number of aliphatic hydroxyl groups is 2. The average Bonchev–Trinajstić information content (AvgIpc) is 2.16. The molecule has 1 aliphatic carbocycles. The molecule has 0 unspecified atom stereocenters. The Balaban J connectivity index is 2.63. The Morgan fingerprint density at radius 1 is 1.25 bits per heavy atom. The maximum absolute atomic E-state index is 9.04. The molecule has 1 atom stereocenters. The van der Waals surface area contributed by atoms with Gasteiger partial charge in [0.05, 0.1) is 13.2 Å². The van der Waals surface area contributed by atoms with Crippen LogP contribution in [0.15, 0.2) is 11.1 Å². The molecule has 0 aromatic rings. The lowest BCUT2D eigenvalue weighted by Gasteiger charge is -2.24. The van der Waals surface area contributed by atoms with Crippen molar-refractivity contribution >= 4 is 0 Å². The van der Waals surface area contributed by atoms with Crippen molar-refractivity contribution in [1.29, 1.82) is 0 Å². The quantitative estimate of drug-likeness (QED) is 0.630. The molecule has 2 N–H and O–H groups in total. The topological polar surface area (TPSA) is 40.5 Å². The van der Waals surface area contributed by atoms with Crippen LogP contribution in [0.1, 0.15) is 32.6 Å². The zero-order valence-electron chi connectivity index (χ0n) is 7.71. The second kappa shape index (κ2) is 4.63.